The summed E-state index contributed by atoms with van der Waals surface area (Å²) >= 11 is 0. The van der Waals surface area contributed by atoms with Gasteiger partial charge in [-0.3, -0.25) is 4.79 Å². The molecule has 0 aliphatic rings. The highest BCUT2D eigenvalue weighted by atomic mass is 16.7. The molecule has 1 N–H and O–H groups in total. The molecular formula is C15H10N2O4. The number of carboxylic acids is 1. The highest BCUT2D eigenvalue weighted by molar-refractivity contribution is 5.90. The first kappa shape index (κ1) is 12.9. The van der Waals surface area contributed by atoms with Crippen molar-refractivity contribution >= 4 is 16.9 Å². The number of benzene rings is 2. The molecule has 0 aliphatic carbocycles. The Labute approximate surface area is 118 Å². The van der Waals surface area contributed by atoms with Crippen molar-refractivity contribution in [1.82, 2.24) is 9.71 Å². The van der Waals surface area contributed by atoms with E-state index in [1.54, 1.807) is 36.4 Å². The van der Waals surface area contributed by atoms with E-state index in [-0.39, 0.29) is 11.3 Å². The van der Waals surface area contributed by atoms with E-state index in [2.05, 4.69) is 4.98 Å². The third-order valence-electron chi connectivity index (χ3n) is 2.95. The Kier molecular flexibility index (Phi) is 3.12. The molecule has 0 radical (unpaired) electrons. The van der Waals surface area contributed by atoms with Crippen LogP contribution < -0.4 is 10.4 Å². The van der Waals surface area contributed by atoms with E-state index in [1.165, 1.54) is 18.5 Å². The molecule has 0 atom stereocenters. The number of hydrogen-bond donors (Lipinski definition) is 1. The number of rotatable bonds is 3. The van der Waals surface area contributed by atoms with E-state index in [4.69, 9.17) is 9.94 Å². The number of para-hydroxylation sites is 2. The number of aromatic nitrogens is 2. The zero-order valence-electron chi connectivity index (χ0n) is 10.8. The molecule has 6 heteroatoms. The molecule has 0 saturated heterocycles. The maximum absolute atomic E-state index is 12.3. The molecule has 0 saturated carbocycles. The second-order valence-corrected chi connectivity index (χ2v) is 4.29. The van der Waals surface area contributed by atoms with Crippen molar-refractivity contribution < 1.29 is 14.7 Å². The molecule has 2 aromatic carbocycles. The van der Waals surface area contributed by atoms with Gasteiger partial charge >= 0.3 is 5.97 Å². The summed E-state index contributed by atoms with van der Waals surface area (Å²) in [6, 6.07) is 12.9. The molecule has 6 nitrogen and oxygen atoms in total. The topological polar surface area (TPSA) is 81.4 Å². The predicted molar refractivity (Wildman–Crippen MR) is 75.4 cm³/mol. The van der Waals surface area contributed by atoms with Crippen molar-refractivity contribution in [2.75, 3.05) is 0 Å². The third kappa shape index (κ3) is 2.34. The Bertz CT molecular complexity index is 886. The number of carboxylic acid groups (broad SMARTS) is 1. The molecule has 21 heavy (non-hydrogen) atoms. The van der Waals surface area contributed by atoms with Gasteiger partial charge in [-0.25, -0.2) is 9.78 Å². The fourth-order valence-corrected chi connectivity index (χ4v) is 1.95. The minimum atomic E-state index is -1.13. The normalized spacial score (nSPS) is 10.5. The first-order chi connectivity index (χ1) is 10.2. The molecular weight excluding hydrogens is 272 g/mol. The number of aromatic carboxylic acids is 1. The van der Waals surface area contributed by atoms with E-state index in [9.17, 15) is 9.59 Å². The minimum Gasteiger partial charge on any atom is -0.478 e. The van der Waals surface area contributed by atoms with Gasteiger partial charge in [0.2, 0.25) is 0 Å². The number of fused-ring (bicyclic) bond motifs is 1. The van der Waals surface area contributed by atoms with Crippen LogP contribution in [0.2, 0.25) is 0 Å². The Balaban J connectivity index is 2.09. The van der Waals surface area contributed by atoms with Gasteiger partial charge in [-0.05, 0) is 24.3 Å². The lowest BCUT2D eigenvalue weighted by Gasteiger charge is -2.09. The van der Waals surface area contributed by atoms with Gasteiger partial charge in [0.1, 0.15) is 11.9 Å². The average Bonchev–Trinajstić information content (AvgIpc) is 2.51. The lowest BCUT2D eigenvalue weighted by atomic mass is 10.2. The van der Waals surface area contributed by atoms with Crippen LogP contribution in [0.3, 0.4) is 0 Å². The van der Waals surface area contributed by atoms with Gasteiger partial charge < -0.3 is 9.94 Å². The van der Waals surface area contributed by atoms with Crippen molar-refractivity contribution in [2.45, 2.75) is 0 Å². The number of nitrogens with zero attached hydrogens (tertiary/aromatic N) is 2. The van der Waals surface area contributed by atoms with Gasteiger partial charge in [0, 0.05) is 0 Å². The van der Waals surface area contributed by atoms with Gasteiger partial charge in [-0.15, -0.1) is 4.73 Å². The van der Waals surface area contributed by atoms with E-state index < -0.39 is 11.5 Å². The standard InChI is InChI=1S/C15H10N2O4/c18-14-10-5-1-3-7-12(10)16-9-17(14)21-13-8-4-2-6-11(13)15(19)20/h1-9H,(H,19,20). The van der Waals surface area contributed by atoms with E-state index in [0.29, 0.717) is 10.9 Å². The molecule has 1 heterocycles. The molecule has 0 spiro atoms. The molecule has 0 amide bonds. The van der Waals surface area contributed by atoms with Gasteiger partial charge in [0.05, 0.1) is 10.9 Å². The molecule has 3 aromatic rings. The second kappa shape index (κ2) is 5.09. The molecule has 104 valence electrons. The van der Waals surface area contributed by atoms with Crippen molar-refractivity contribution in [3.8, 4) is 5.75 Å². The van der Waals surface area contributed by atoms with Crippen LogP contribution in [-0.2, 0) is 0 Å². The highest BCUT2D eigenvalue weighted by Crippen LogP contribution is 2.18. The van der Waals surface area contributed by atoms with Crippen LogP contribution in [0.1, 0.15) is 10.4 Å². The Hall–Kier alpha value is -3.15. The molecule has 1 aromatic heterocycles. The summed E-state index contributed by atoms with van der Waals surface area (Å²) in [7, 11) is 0. The van der Waals surface area contributed by atoms with Gasteiger partial charge in [-0.1, -0.05) is 24.3 Å². The summed E-state index contributed by atoms with van der Waals surface area (Å²) in [5, 5.41) is 9.50. The molecule has 3 rings (SSSR count). The van der Waals surface area contributed by atoms with Crippen molar-refractivity contribution in [2.24, 2.45) is 0 Å². The van der Waals surface area contributed by atoms with E-state index in [0.717, 1.165) is 4.73 Å². The van der Waals surface area contributed by atoms with Gasteiger partial charge in [0.25, 0.3) is 5.56 Å². The van der Waals surface area contributed by atoms with Gasteiger partial charge in [0.15, 0.2) is 5.75 Å². The van der Waals surface area contributed by atoms with Crippen LogP contribution in [0, 0.1) is 0 Å². The molecule has 0 bridgehead atoms. The summed E-state index contributed by atoms with van der Waals surface area (Å²) in [5.74, 6) is -1.06. The van der Waals surface area contributed by atoms with Crippen molar-refractivity contribution in [3.63, 3.8) is 0 Å². The lowest BCUT2D eigenvalue weighted by molar-refractivity contribution is 0.0688. The van der Waals surface area contributed by atoms with Crippen molar-refractivity contribution in [3.05, 3.63) is 70.8 Å². The monoisotopic (exact) mass is 282 g/mol. The first-order valence-electron chi connectivity index (χ1n) is 6.14. The van der Waals surface area contributed by atoms with Crippen LogP contribution in [-0.4, -0.2) is 20.8 Å². The lowest BCUT2D eigenvalue weighted by Crippen LogP contribution is -2.25. The summed E-state index contributed by atoms with van der Waals surface area (Å²) < 4.78 is 0.921. The minimum absolute atomic E-state index is 0.0300. The van der Waals surface area contributed by atoms with Crippen molar-refractivity contribution in [1.29, 1.82) is 0 Å². The second-order valence-electron chi connectivity index (χ2n) is 4.29. The summed E-state index contributed by atoms with van der Waals surface area (Å²) in [6.45, 7) is 0. The fourth-order valence-electron chi connectivity index (χ4n) is 1.95. The SMILES string of the molecule is O=C(O)c1ccccc1On1cnc2ccccc2c1=O. The quantitative estimate of drug-likeness (QED) is 0.794. The smallest absolute Gasteiger partial charge is 0.339 e. The van der Waals surface area contributed by atoms with Crippen LogP contribution in [0.15, 0.2) is 59.7 Å². The van der Waals surface area contributed by atoms with Crippen LogP contribution in [0.25, 0.3) is 10.9 Å². The predicted octanol–water partition coefficient (Wildman–Crippen LogP) is 1.94. The Morgan fingerprint density at radius 2 is 1.81 bits per heavy atom. The summed E-state index contributed by atoms with van der Waals surface area (Å²) in [4.78, 5) is 32.9. The average molecular weight is 282 g/mol. The fraction of sp³-hybridized carbons (Fsp3) is 0. The Morgan fingerprint density at radius 1 is 1.10 bits per heavy atom. The van der Waals surface area contributed by atoms with Crippen LogP contribution in [0.5, 0.6) is 5.75 Å². The van der Waals surface area contributed by atoms with Crippen LogP contribution in [0.4, 0.5) is 0 Å². The maximum atomic E-state index is 12.3. The van der Waals surface area contributed by atoms with Crippen LogP contribution >= 0.6 is 0 Å². The Morgan fingerprint density at radius 3 is 2.62 bits per heavy atom. The van der Waals surface area contributed by atoms with E-state index in [1.807, 2.05) is 0 Å². The molecule has 0 aliphatic heterocycles. The highest BCUT2D eigenvalue weighted by Gasteiger charge is 2.12. The third-order valence-corrected chi connectivity index (χ3v) is 2.95. The zero-order chi connectivity index (χ0) is 14.8. The maximum Gasteiger partial charge on any atom is 0.339 e. The summed E-state index contributed by atoms with van der Waals surface area (Å²) in [5.41, 5.74) is 0.118. The molecule has 0 unspecified atom stereocenters. The number of hydrogen-bond acceptors (Lipinski definition) is 4. The van der Waals surface area contributed by atoms with Gasteiger partial charge in [-0.2, -0.15) is 0 Å². The number of carbonyl (C=O) groups is 1. The zero-order valence-corrected chi connectivity index (χ0v) is 10.8. The largest absolute Gasteiger partial charge is 0.478 e. The first-order valence-corrected chi connectivity index (χ1v) is 6.14. The van der Waals surface area contributed by atoms with E-state index >= 15 is 0 Å². The summed E-state index contributed by atoms with van der Waals surface area (Å²) in [6.07, 6.45) is 1.23. The molecule has 0 fully saturated rings.